The molecule has 0 bridgehead atoms. The van der Waals surface area contributed by atoms with Crippen LogP contribution in [0.4, 0.5) is 10.5 Å². The lowest BCUT2D eigenvalue weighted by atomic mass is 9.64. The molecule has 164 valence electrons. The van der Waals surface area contributed by atoms with Gasteiger partial charge >= 0.3 is 6.03 Å². The first-order valence-electron chi connectivity index (χ1n) is 11.5. The molecule has 1 aromatic heterocycles. The second-order valence-corrected chi connectivity index (χ2v) is 9.82. The topological polar surface area (TPSA) is 51.3 Å². The SMILES string of the molecule is CC(C)c1cccc(C(C)C)c1N(CC1(c2cn(C)c3ccccc23)CCC1)C(N)=O. The van der Waals surface area contributed by atoms with Gasteiger partial charge in [0.15, 0.2) is 0 Å². The molecule has 2 aromatic carbocycles. The number of rotatable bonds is 6. The lowest BCUT2D eigenvalue weighted by Gasteiger charge is -2.45. The molecule has 0 radical (unpaired) electrons. The second-order valence-electron chi connectivity index (χ2n) is 9.82. The molecule has 4 rings (SSSR count). The van der Waals surface area contributed by atoms with Crippen LogP contribution in [0, 0.1) is 0 Å². The summed E-state index contributed by atoms with van der Waals surface area (Å²) < 4.78 is 2.21. The fourth-order valence-corrected chi connectivity index (χ4v) is 5.27. The molecule has 0 atom stereocenters. The summed E-state index contributed by atoms with van der Waals surface area (Å²) in [5.74, 6) is 0.621. The lowest BCUT2D eigenvalue weighted by Crippen LogP contribution is -2.50. The maximum absolute atomic E-state index is 12.9. The van der Waals surface area contributed by atoms with Crippen LogP contribution in [0.25, 0.3) is 10.9 Å². The minimum Gasteiger partial charge on any atom is -0.351 e. The van der Waals surface area contributed by atoms with Crippen LogP contribution in [-0.4, -0.2) is 17.1 Å². The number of amides is 2. The number of anilines is 1. The summed E-state index contributed by atoms with van der Waals surface area (Å²) in [6.45, 7) is 9.37. The van der Waals surface area contributed by atoms with Crippen LogP contribution in [0.15, 0.2) is 48.7 Å². The summed E-state index contributed by atoms with van der Waals surface area (Å²) in [5.41, 5.74) is 12.0. The number of fused-ring (bicyclic) bond motifs is 1. The van der Waals surface area contributed by atoms with E-state index >= 15 is 0 Å². The number of benzene rings is 2. The Hall–Kier alpha value is -2.75. The highest BCUT2D eigenvalue weighted by Crippen LogP contribution is 2.48. The number of para-hydroxylation sites is 2. The summed E-state index contributed by atoms with van der Waals surface area (Å²) in [6, 6.07) is 14.6. The maximum atomic E-state index is 12.9. The van der Waals surface area contributed by atoms with Crippen molar-refractivity contribution in [3.63, 3.8) is 0 Å². The van der Waals surface area contributed by atoms with Crippen LogP contribution in [0.1, 0.15) is 75.5 Å². The van der Waals surface area contributed by atoms with E-state index in [0.717, 1.165) is 18.5 Å². The molecule has 0 aliphatic heterocycles. The van der Waals surface area contributed by atoms with Gasteiger partial charge in [0, 0.05) is 36.1 Å². The van der Waals surface area contributed by atoms with Gasteiger partial charge in [-0.25, -0.2) is 4.79 Å². The van der Waals surface area contributed by atoms with Crippen molar-refractivity contribution in [2.75, 3.05) is 11.4 Å². The van der Waals surface area contributed by atoms with Crippen LogP contribution >= 0.6 is 0 Å². The maximum Gasteiger partial charge on any atom is 0.319 e. The molecule has 4 heteroatoms. The summed E-state index contributed by atoms with van der Waals surface area (Å²) >= 11 is 0. The molecule has 0 saturated heterocycles. The van der Waals surface area contributed by atoms with Gasteiger partial charge in [0.05, 0.1) is 5.69 Å². The van der Waals surface area contributed by atoms with Crippen molar-refractivity contribution >= 4 is 22.6 Å². The largest absolute Gasteiger partial charge is 0.351 e. The molecular weight excluding hydrogens is 382 g/mol. The van der Waals surface area contributed by atoms with Crippen LogP contribution in [0.5, 0.6) is 0 Å². The number of aromatic nitrogens is 1. The zero-order valence-electron chi connectivity index (χ0n) is 19.5. The first-order chi connectivity index (χ1) is 14.7. The van der Waals surface area contributed by atoms with E-state index in [1.165, 1.54) is 34.0 Å². The fraction of sp³-hybridized carbons (Fsp3) is 0.444. The van der Waals surface area contributed by atoms with Gasteiger partial charge in [-0.15, -0.1) is 0 Å². The van der Waals surface area contributed by atoms with Gasteiger partial charge < -0.3 is 10.3 Å². The lowest BCUT2D eigenvalue weighted by molar-refractivity contribution is 0.232. The van der Waals surface area contributed by atoms with E-state index < -0.39 is 0 Å². The third kappa shape index (κ3) is 3.62. The number of hydrogen-bond donors (Lipinski definition) is 1. The molecule has 1 aliphatic carbocycles. The average molecular weight is 418 g/mol. The standard InChI is InChI=1S/C27H35N3O/c1-18(2)20-11-8-12-21(19(3)4)25(20)30(26(28)31)17-27(14-9-15-27)23-16-29(5)24-13-7-6-10-22(23)24/h6-8,10-13,16,18-19H,9,14-15,17H2,1-5H3,(H2,28,31). The van der Waals surface area contributed by atoms with E-state index in [-0.39, 0.29) is 11.4 Å². The van der Waals surface area contributed by atoms with Gasteiger partial charge in [0.2, 0.25) is 0 Å². The van der Waals surface area contributed by atoms with Gasteiger partial charge in [-0.1, -0.05) is 70.5 Å². The zero-order valence-corrected chi connectivity index (χ0v) is 19.5. The Morgan fingerprint density at radius 1 is 1.03 bits per heavy atom. The molecule has 0 unspecified atom stereocenters. The highest BCUT2D eigenvalue weighted by atomic mass is 16.2. The number of primary amides is 1. The van der Waals surface area contributed by atoms with Crippen LogP contribution in [0.2, 0.25) is 0 Å². The number of nitrogens with two attached hydrogens (primary N) is 1. The molecule has 1 aliphatic rings. The zero-order chi connectivity index (χ0) is 22.3. The Labute approximate surface area is 186 Å². The van der Waals surface area contributed by atoms with Crippen molar-refractivity contribution in [3.8, 4) is 0 Å². The number of carbonyl (C=O) groups is 1. The predicted octanol–water partition coefficient (Wildman–Crippen LogP) is 6.43. The summed E-state index contributed by atoms with van der Waals surface area (Å²) in [7, 11) is 2.11. The van der Waals surface area contributed by atoms with E-state index in [9.17, 15) is 4.79 Å². The highest BCUT2D eigenvalue weighted by molar-refractivity contribution is 5.94. The van der Waals surface area contributed by atoms with E-state index in [0.29, 0.717) is 18.4 Å². The first kappa shape index (κ1) is 21.5. The molecule has 2 amide bonds. The smallest absolute Gasteiger partial charge is 0.319 e. The Bertz CT molecular complexity index is 1080. The van der Waals surface area contributed by atoms with Crippen molar-refractivity contribution in [2.45, 2.75) is 64.2 Å². The molecule has 1 fully saturated rings. The number of aryl methyl sites for hydroxylation is 1. The molecule has 1 saturated carbocycles. The summed E-state index contributed by atoms with van der Waals surface area (Å²) in [5, 5.41) is 1.29. The molecule has 1 heterocycles. The minimum absolute atomic E-state index is 0.0613. The van der Waals surface area contributed by atoms with E-state index in [2.05, 4.69) is 88.0 Å². The van der Waals surface area contributed by atoms with E-state index in [4.69, 9.17) is 5.73 Å². The minimum atomic E-state index is -0.360. The fourth-order valence-electron chi connectivity index (χ4n) is 5.27. The molecular formula is C27H35N3O. The quantitative estimate of drug-likeness (QED) is 0.493. The molecule has 0 spiro atoms. The molecule has 31 heavy (non-hydrogen) atoms. The third-order valence-corrected chi connectivity index (χ3v) is 7.12. The van der Waals surface area contributed by atoms with Crippen molar-refractivity contribution in [1.29, 1.82) is 0 Å². The van der Waals surface area contributed by atoms with Crippen molar-refractivity contribution in [2.24, 2.45) is 12.8 Å². The normalized spacial score (nSPS) is 15.5. The van der Waals surface area contributed by atoms with Gasteiger partial charge in [0.1, 0.15) is 0 Å². The van der Waals surface area contributed by atoms with Crippen LogP contribution < -0.4 is 10.6 Å². The average Bonchev–Trinajstić information content (AvgIpc) is 3.04. The number of urea groups is 1. The second kappa shape index (κ2) is 8.07. The van der Waals surface area contributed by atoms with Gasteiger partial charge in [-0.2, -0.15) is 0 Å². The van der Waals surface area contributed by atoms with Crippen LogP contribution in [0.3, 0.4) is 0 Å². The molecule has 2 N–H and O–H groups in total. The van der Waals surface area contributed by atoms with Gasteiger partial charge in [-0.05, 0) is 47.4 Å². The Kier molecular flexibility index (Phi) is 5.59. The Morgan fingerprint density at radius 3 is 2.16 bits per heavy atom. The monoisotopic (exact) mass is 417 g/mol. The van der Waals surface area contributed by atoms with Crippen molar-refractivity contribution in [3.05, 3.63) is 65.4 Å². The van der Waals surface area contributed by atoms with Gasteiger partial charge in [-0.3, -0.25) is 4.90 Å². The number of nitrogens with zero attached hydrogens (tertiary/aromatic N) is 2. The number of hydrogen-bond acceptors (Lipinski definition) is 1. The Morgan fingerprint density at radius 2 is 1.65 bits per heavy atom. The van der Waals surface area contributed by atoms with Gasteiger partial charge in [0.25, 0.3) is 0 Å². The van der Waals surface area contributed by atoms with Crippen molar-refractivity contribution in [1.82, 2.24) is 4.57 Å². The summed E-state index contributed by atoms with van der Waals surface area (Å²) in [6.07, 6.45) is 5.59. The molecule has 4 nitrogen and oxygen atoms in total. The third-order valence-electron chi connectivity index (χ3n) is 7.12. The van der Waals surface area contributed by atoms with Crippen LogP contribution in [-0.2, 0) is 12.5 Å². The highest BCUT2D eigenvalue weighted by Gasteiger charge is 2.43. The predicted molar refractivity (Wildman–Crippen MR) is 130 cm³/mol. The Balaban J connectivity index is 1.85. The first-order valence-corrected chi connectivity index (χ1v) is 11.5. The van der Waals surface area contributed by atoms with E-state index in [1.54, 1.807) is 0 Å². The van der Waals surface area contributed by atoms with Crippen molar-refractivity contribution < 1.29 is 4.79 Å². The molecule has 3 aromatic rings. The van der Waals surface area contributed by atoms with E-state index in [1.807, 2.05) is 4.90 Å². The number of carbonyl (C=O) groups excluding carboxylic acids is 1. The summed E-state index contributed by atoms with van der Waals surface area (Å²) in [4.78, 5) is 14.8.